The molecule has 0 bridgehead atoms. The summed E-state index contributed by atoms with van der Waals surface area (Å²) in [5.41, 5.74) is 5.74. The molecule has 1 aromatic rings. The maximum Gasteiger partial charge on any atom is 0.405 e. The van der Waals surface area contributed by atoms with Gasteiger partial charge in [-0.15, -0.1) is 0 Å². The van der Waals surface area contributed by atoms with Crippen molar-refractivity contribution in [3.8, 4) is 5.75 Å². The predicted octanol–water partition coefficient (Wildman–Crippen LogP) is 1.50. The molecule has 4 N–H and O–H groups in total. The smallest absolute Gasteiger partial charge is 0.405 e. The van der Waals surface area contributed by atoms with Crippen molar-refractivity contribution in [1.82, 2.24) is 16.2 Å². The van der Waals surface area contributed by atoms with E-state index in [0.717, 1.165) is 11.3 Å². The molecule has 1 rings (SSSR count). The van der Waals surface area contributed by atoms with E-state index in [-0.39, 0.29) is 0 Å². The summed E-state index contributed by atoms with van der Waals surface area (Å²) in [5, 5.41) is 11.1. The van der Waals surface area contributed by atoms with Gasteiger partial charge in [-0.3, -0.25) is 10.2 Å². The first-order valence-electron chi connectivity index (χ1n) is 6.89. The lowest BCUT2D eigenvalue weighted by molar-refractivity contribution is -0.126. The third-order valence-corrected chi connectivity index (χ3v) is 3.06. The zero-order chi connectivity index (χ0) is 16.8. The molecule has 22 heavy (non-hydrogen) atoms. The van der Waals surface area contributed by atoms with Gasteiger partial charge in [0.1, 0.15) is 11.8 Å². The van der Waals surface area contributed by atoms with E-state index >= 15 is 0 Å². The van der Waals surface area contributed by atoms with Crippen molar-refractivity contribution in [2.45, 2.75) is 33.4 Å². The van der Waals surface area contributed by atoms with Gasteiger partial charge in [-0.2, -0.15) is 0 Å². The van der Waals surface area contributed by atoms with E-state index in [1.807, 2.05) is 24.3 Å². The summed E-state index contributed by atoms with van der Waals surface area (Å²) in [6.07, 6.45) is -1.23. The molecule has 1 aromatic carbocycles. The minimum Gasteiger partial charge on any atom is -0.497 e. The number of nitrogens with one attached hydrogen (secondary N) is 3. The van der Waals surface area contributed by atoms with Crippen LogP contribution in [0.3, 0.4) is 0 Å². The van der Waals surface area contributed by atoms with E-state index in [1.54, 1.807) is 27.9 Å². The molecule has 0 fully saturated rings. The van der Waals surface area contributed by atoms with Crippen molar-refractivity contribution >= 4 is 12.0 Å². The highest BCUT2D eigenvalue weighted by molar-refractivity contribution is 5.85. The Labute approximate surface area is 130 Å². The van der Waals surface area contributed by atoms with Crippen LogP contribution in [-0.4, -0.2) is 30.3 Å². The molecule has 0 saturated carbocycles. The molecule has 0 aliphatic carbocycles. The Hall–Kier alpha value is -2.28. The van der Waals surface area contributed by atoms with Crippen molar-refractivity contribution in [3.05, 3.63) is 29.8 Å². The quantitative estimate of drug-likeness (QED) is 0.597. The van der Waals surface area contributed by atoms with E-state index in [4.69, 9.17) is 9.84 Å². The van der Waals surface area contributed by atoms with Crippen molar-refractivity contribution in [2.24, 2.45) is 5.41 Å². The van der Waals surface area contributed by atoms with Crippen LogP contribution >= 0.6 is 0 Å². The number of ether oxygens (including phenoxy) is 1. The van der Waals surface area contributed by atoms with Crippen LogP contribution in [0.25, 0.3) is 0 Å². The number of carboxylic acid groups (broad SMARTS) is 1. The molecule has 2 amide bonds. The number of carbonyl (C=O) groups excluding carboxylic acids is 1. The van der Waals surface area contributed by atoms with Gasteiger partial charge < -0.3 is 15.2 Å². The van der Waals surface area contributed by atoms with Crippen LogP contribution in [0.4, 0.5) is 4.79 Å². The zero-order valence-corrected chi connectivity index (χ0v) is 13.3. The first-order chi connectivity index (χ1) is 10.2. The third-order valence-electron chi connectivity index (χ3n) is 3.06. The molecule has 7 heteroatoms. The average Bonchev–Trinajstić information content (AvgIpc) is 2.44. The fourth-order valence-corrected chi connectivity index (χ4v) is 1.85. The standard InChI is InChI=1S/C15H23N3O4/c1-15(2,3)12(17-14(20)21)13(19)18-16-9-10-5-7-11(22-4)8-6-10/h5-8,12,16-17H,9H2,1-4H3,(H,18,19)(H,20,21)/t12-/m1/s1. The lowest BCUT2D eigenvalue weighted by atomic mass is 9.86. The van der Waals surface area contributed by atoms with Crippen molar-refractivity contribution in [2.75, 3.05) is 7.11 Å². The van der Waals surface area contributed by atoms with E-state index in [0.29, 0.717) is 6.54 Å². The zero-order valence-electron chi connectivity index (χ0n) is 13.3. The average molecular weight is 309 g/mol. The summed E-state index contributed by atoms with van der Waals surface area (Å²) in [5.74, 6) is 0.328. The highest BCUT2D eigenvalue weighted by Gasteiger charge is 2.32. The molecule has 0 saturated heterocycles. The molecular formula is C15H23N3O4. The van der Waals surface area contributed by atoms with Crippen LogP contribution in [0.5, 0.6) is 5.75 Å². The Bertz CT molecular complexity index is 509. The Morgan fingerprint density at radius 2 is 1.82 bits per heavy atom. The molecule has 0 aromatic heterocycles. The number of methoxy groups -OCH3 is 1. The first kappa shape index (κ1) is 17.8. The molecule has 1 atom stereocenters. The monoisotopic (exact) mass is 309 g/mol. The number of hydrazine groups is 1. The second-order valence-electron chi connectivity index (χ2n) is 5.94. The van der Waals surface area contributed by atoms with Crippen LogP contribution in [0.15, 0.2) is 24.3 Å². The van der Waals surface area contributed by atoms with Gasteiger partial charge in [-0.1, -0.05) is 32.9 Å². The van der Waals surface area contributed by atoms with Gasteiger partial charge >= 0.3 is 6.09 Å². The van der Waals surface area contributed by atoms with Gasteiger partial charge in [0, 0.05) is 6.54 Å². The summed E-state index contributed by atoms with van der Waals surface area (Å²) in [7, 11) is 1.59. The minimum atomic E-state index is -1.23. The molecule has 0 aliphatic rings. The van der Waals surface area contributed by atoms with E-state index < -0.39 is 23.5 Å². The molecule has 0 unspecified atom stereocenters. The second-order valence-corrected chi connectivity index (χ2v) is 5.94. The third kappa shape index (κ3) is 5.61. The Morgan fingerprint density at radius 3 is 2.27 bits per heavy atom. The van der Waals surface area contributed by atoms with Gasteiger partial charge in [0.25, 0.3) is 5.91 Å². The summed E-state index contributed by atoms with van der Waals surface area (Å²) in [6.45, 7) is 5.78. The normalized spacial score (nSPS) is 12.4. The molecule has 0 heterocycles. The van der Waals surface area contributed by atoms with E-state index in [2.05, 4.69) is 16.2 Å². The fourth-order valence-electron chi connectivity index (χ4n) is 1.85. The van der Waals surface area contributed by atoms with Gasteiger partial charge in [-0.25, -0.2) is 10.2 Å². The van der Waals surface area contributed by atoms with Crippen molar-refractivity contribution in [1.29, 1.82) is 0 Å². The van der Waals surface area contributed by atoms with Crippen LogP contribution in [0, 0.1) is 5.41 Å². The number of amides is 2. The first-order valence-corrected chi connectivity index (χ1v) is 6.89. The number of carbonyl (C=O) groups is 2. The molecular weight excluding hydrogens is 286 g/mol. The molecule has 122 valence electrons. The van der Waals surface area contributed by atoms with Gasteiger partial charge in [0.15, 0.2) is 0 Å². The molecule has 0 radical (unpaired) electrons. The topological polar surface area (TPSA) is 99.7 Å². The number of benzene rings is 1. The minimum absolute atomic E-state index is 0.416. The molecule has 0 aliphatic heterocycles. The van der Waals surface area contributed by atoms with Crippen molar-refractivity contribution < 1.29 is 19.4 Å². The number of rotatable bonds is 6. The molecule has 7 nitrogen and oxygen atoms in total. The lowest BCUT2D eigenvalue weighted by Crippen LogP contribution is -2.55. The lowest BCUT2D eigenvalue weighted by Gasteiger charge is -2.29. The van der Waals surface area contributed by atoms with E-state index in [9.17, 15) is 9.59 Å². The van der Waals surface area contributed by atoms with Gasteiger partial charge in [-0.05, 0) is 23.1 Å². The number of hydrogen-bond donors (Lipinski definition) is 4. The summed E-state index contributed by atoms with van der Waals surface area (Å²) in [4.78, 5) is 22.9. The SMILES string of the molecule is COc1ccc(CNNC(=O)[C@@H](NC(=O)O)C(C)(C)C)cc1. The molecule has 0 spiro atoms. The fraction of sp³-hybridized carbons (Fsp3) is 0.467. The second kappa shape index (κ2) is 7.65. The Balaban J connectivity index is 2.53. The number of hydrogen-bond acceptors (Lipinski definition) is 4. The Kier molecular flexibility index (Phi) is 6.18. The van der Waals surface area contributed by atoms with Crippen LogP contribution < -0.4 is 20.9 Å². The predicted molar refractivity (Wildman–Crippen MR) is 82.4 cm³/mol. The largest absolute Gasteiger partial charge is 0.497 e. The van der Waals surface area contributed by atoms with Gasteiger partial charge in [0.05, 0.1) is 7.11 Å². The van der Waals surface area contributed by atoms with Crippen LogP contribution in [-0.2, 0) is 11.3 Å². The van der Waals surface area contributed by atoms with Gasteiger partial charge in [0.2, 0.25) is 0 Å². The summed E-state index contributed by atoms with van der Waals surface area (Å²) in [6, 6.07) is 6.53. The van der Waals surface area contributed by atoms with E-state index in [1.165, 1.54) is 0 Å². The van der Waals surface area contributed by atoms with Crippen LogP contribution in [0.2, 0.25) is 0 Å². The summed E-state index contributed by atoms with van der Waals surface area (Å²) < 4.78 is 5.06. The maximum atomic E-state index is 12.1. The highest BCUT2D eigenvalue weighted by atomic mass is 16.5. The van der Waals surface area contributed by atoms with Crippen molar-refractivity contribution in [3.63, 3.8) is 0 Å². The highest BCUT2D eigenvalue weighted by Crippen LogP contribution is 2.19. The Morgan fingerprint density at radius 1 is 1.23 bits per heavy atom. The maximum absolute atomic E-state index is 12.1. The summed E-state index contributed by atoms with van der Waals surface area (Å²) >= 11 is 0. The van der Waals surface area contributed by atoms with Crippen LogP contribution in [0.1, 0.15) is 26.3 Å².